The molecule has 23 heavy (non-hydrogen) atoms. The number of nitrogens with zero attached hydrogens (tertiary/aromatic N) is 3. The number of hydrogen-bond donors (Lipinski definition) is 2. The van der Waals surface area contributed by atoms with Crippen molar-refractivity contribution in [3.8, 4) is 0 Å². The van der Waals surface area contributed by atoms with Crippen LogP contribution >= 0.6 is 0 Å². The van der Waals surface area contributed by atoms with Crippen molar-refractivity contribution in [3.63, 3.8) is 0 Å². The second kappa shape index (κ2) is 7.12. The van der Waals surface area contributed by atoms with E-state index in [2.05, 4.69) is 21.6 Å². The van der Waals surface area contributed by atoms with Crippen molar-refractivity contribution in [2.45, 2.75) is 45.1 Å². The molecule has 0 atom stereocenters. The molecule has 1 fully saturated rings. The van der Waals surface area contributed by atoms with Crippen LogP contribution in [-0.4, -0.2) is 51.8 Å². The lowest BCUT2D eigenvalue weighted by atomic mass is 9.95. The molecule has 0 saturated carbocycles. The van der Waals surface area contributed by atoms with Gasteiger partial charge < -0.3 is 10.2 Å². The minimum absolute atomic E-state index is 0.140. The summed E-state index contributed by atoms with van der Waals surface area (Å²) >= 11 is 0. The van der Waals surface area contributed by atoms with Crippen LogP contribution in [0.3, 0.4) is 0 Å². The zero-order valence-electron chi connectivity index (χ0n) is 13.7. The molecule has 7 nitrogen and oxygen atoms in total. The third-order valence-electron chi connectivity index (χ3n) is 4.85. The van der Waals surface area contributed by atoms with Gasteiger partial charge in [-0.3, -0.25) is 9.36 Å². The Morgan fingerprint density at radius 2 is 2.17 bits per heavy atom. The summed E-state index contributed by atoms with van der Waals surface area (Å²) in [5.41, 5.74) is 1.11. The van der Waals surface area contributed by atoms with Gasteiger partial charge in [0.05, 0.1) is 0 Å². The fourth-order valence-corrected chi connectivity index (χ4v) is 3.47. The van der Waals surface area contributed by atoms with Gasteiger partial charge in [0.2, 0.25) is 5.91 Å². The molecular weight excluding hydrogens is 294 g/mol. The maximum atomic E-state index is 12.4. The Bertz CT molecular complexity index is 637. The average molecular weight is 319 g/mol. The lowest BCUT2D eigenvalue weighted by Gasteiger charge is -2.32. The highest BCUT2D eigenvalue weighted by Gasteiger charge is 2.27. The number of aromatic nitrogens is 3. The molecule has 1 aromatic rings. The molecule has 0 bridgehead atoms. The van der Waals surface area contributed by atoms with Crippen molar-refractivity contribution in [3.05, 3.63) is 28.0 Å². The Morgan fingerprint density at radius 1 is 1.39 bits per heavy atom. The van der Waals surface area contributed by atoms with Crippen LogP contribution in [0.2, 0.25) is 0 Å². The Kier molecular flexibility index (Phi) is 4.95. The number of amides is 1. The number of nitrogens with one attached hydrogen (secondary N) is 2. The highest BCUT2D eigenvalue weighted by atomic mass is 16.2. The summed E-state index contributed by atoms with van der Waals surface area (Å²) in [4.78, 5) is 26.1. The minimum atomic E-state index is -0.140. The molecule has 0 spiro atoms. The van der Waals surface area contributed by atoms with Crippen molar-refractivity contribution < 1.29 is 4.79 Å². The molecule has 1 saturated heterocycles. The van der Waals surface area contributed by atoms with E-state index in [-0.39, 0.29) is 17.5 Å². The molecule has 7 heteroatoms. The second-order valence-electron chi connectivity index (χ2n) is 6.28. The maximum absolute atomic E-state index is 12.4. The molecule has 0 aromatic carbocycles. The molecule has 0 radical (unpaired) electrons. The molecule has 2 aliphatic heterocycles. The van der Waals surface area contributed by atoms with E-state index in [9.17, 15) is 9.59 Å². The van der Waals surface area contributed by atoms with E-state index >= 15 is 0 Å². The Labute approximate surface area is 135 Å². The topological polar surface area (TPSA) is 83.0 Å². The van der Waals surface area contributed by atoms with Crippen LogP contribution < -0.4 is 11.0 Å². The van der Waals surface area contributed by atoms with Crippen molar-refractivity contribution in [1.29, 1.82) is 0 Å². The first-order chi connectivity index (χ1) is 11.2. The van der Waals surface area contributed by atoms with E-state index < -0.39 is 0 Å². The Hall–Kier alpha value is -1.89. The summed E-state index contributed by atoms with van der Waals surface area (Å²) in [7, 11) is 0. The van der Waals surface area contributed by atoms with Crippen LogP contribution in [0.1, 0.15) is 44.3 Å². The van der Waals surface area contributed by atoms with Crippen LogP contribution in [0.4, 0.5) is 0 Å². The summed E-state index contributed by atoms with van der Waals surface area (Å²) < 4.78 is 1.70. The molecule has 3 rings (SSSR count). The van der Waals surface area contributed by atoms with E-state index in [0.717, 1.165) is 51.3 Å². The monoisotopic (exact) mass is 319 g/mol. The zero-order valence-corrected chi connectivity index (χ0v) is 13.7. The third kappa shape index (κ3) is 3.55. The van der Waals surface area contributed by atoms with Crippen LogP contribution in [0.5, 0.6) is 0 Å². The molecule has 0 unspecified atom stereocenters. The summed E-state index contributed by atoms with van der Waals surface area (Å²) in [6.45, 7) is 5.92. The normalized spacial score (nSPS) is 19.7. The van der Waals surface area contributed by atoms with Gasteiger partial charge in [-0.2, -0.15) is 5.10 Å². The standard InChI is InChI=1S/C16H25N5O2/c1-2-21-15(18-19-16(21)23)13-5-9-20(10-6-13)14(22)11-12-3-7-17-8-4-12/h3,13,17H,2,4-11H2,1H3,(H,19,23). The predicted octanol–water partition coefficient (Wildman–Crippen LogP) is 0.607. The summed E-state index contributed by atoms with van der Waals surface area (Å²) in [5.74, 6) is 1.33. The van der Waals surface area contributed by atoms with Crippen molar-refractivity contribution >= 4 is 5.91 Å². The van der Waals surface area contributed by atoms with Crippen LogP contribution in [0.25, 0.3) is 0 Å². The lowest BCUT2D eigenvalue weighted by molar-refractivity contribution is -0.131. The van der Waals surface area contributed by atoms with Crippen LogP contribution in [0.15, 0.2) is 16.4 Å². The molecule has 3 heterocycles. The van der Waals surface area contributed by atoms with Gasteiger partial charge in [-0.05, 0) is 32.7 Å². The number of rotatable bonds is 4. The van der Waals surface area contributed by atoms with Crippen LogP contribution in [-0.2, 0) is 11.3 Å². The fourth-order valence-electron chi connectivity index (χ4n) is 3.47. The smallest absolute Gasteiger partial charge is 0.342 e. The number of hydrogen-bond acceptors (Lipinski definition) is 4. The van der Waals surface area contributed by atoms with Crippen LogP contribution in [0, 0.1) is 0 Å². The number of H-pyrrole nitrogens is 1. The van der Waals surface area contributed by atoms with Crippen molar-refractivity contribution in [2.75, 3.05) is 26.2 Å². The minimum Gasteiger partial charge on any atom is -0.342 e. The number of piperidine rings is 1. The van der Waals surface area contributed by atoms with E-state index in [4.69, 9.17) is 0 Å². The first-order valence-corrected chi connectivity index (χ1v) is 8.50. The molecule has 2 N–H and O–H groups in total. The largest absolute Gasteiger partial charge is 0.343 e. The van der Waals surface area contributed by atoms with Gasteiger partial charge in [-0.15, -0.1) is 0 Å². The highest BCUT2D eigenvalue weighted by molar-refractivity contribution is 5.78. The molecule has 0 aliphatic carbocycles. The Morgan fingerprint density at radius 3 is 2.83 bits per heavy atom. The predicted molar refractivity (Wildman–Crippen MR) is 87.3 cm³/mol. The first-order valence-electron chi connectivity index (χ1n) is 8.50. The Balaban J connectivity index is 1.56. The van der Waals surface area contributed by atoms with Gasteiger partial charge in [0, 0.05) is 38.5 Å². The fraction of sp³-hybridized carbons (Fsp3) is 0.688. The molecule has 2 aliphatic rings. The van der Waals surface area contributed by atoms with Gasteiger partial charge in [0.1, 0.15) is 5.82 Å². The summed E-state index contributed by atoms with van der Waals surface area (Å²) in [5, 5.41) is 9.98. The SMILES string of the molecule is CCn1c(C2CCN(C(=O)CC3=CCNCC3)CC2)n[nH]c1=O. The number of carbonyl (C=O) groups is 1. The first kappa shape index (κ1) is 16.0. The zero-order chi connectivity index (χ0) is 16.2. The van der Waals surface area contributed by atoms with E-state index in [0.29, 0.717) is 13.0 Å². The quantitative estimate of drug-likeness (QED) is 0.797. The molecule has 1 aromatic heterocycles. The highest BCUT2D eigenvalue weighted by Crippen LogP contribution is 2.26. The van der Waals surface area contributed by atoms with Gasteiger partial charge >= 0.3 is 5.69 Å². The molecular formula is C16H25N5O2. The van der Waals surface area contributed by atoms with Gasteiger partial charge in [-0.1, -0.05) is 11.6 Å². The number of aromatic amines is 1. The van der Waals surface area contributed by atoms with Crippen molar-refractivity contribution in [1.82, 2.24) is 25.0 Å². The van der Waals surface area contributed by atoms with Crippen molar-refractivity contribution in [2.24, 2.45) is 0 Å². The van der Waals surface area contributed by atoms with Gasteiger partial charge in [-0.25, -0.2) is 9.89 Å². The average Bonchev–Trinajstić information content (AvgIpc) is 2.96. The van der Waals surface area contributed by atoms with Gasteiger partial charge in [0.25, 0.3) is 0 Å². The third-order valence-corrected chi connectivity index (χ3v) is 4.85. The molecule has 126 valence electrons. The second-order valence-corrected chi connectivity index (χ2v) is 6.28. The number of carbonyl (C=O) groups excluding carboxylic acids is 1. The van der Waals surface area contributed by atoms with E-state index in [1.165, 1.54) is 5.57 Å². The maximum Gasteiger partial charge on any atom is 0.343 e. The summed E-state index contributed by atoms with van der Waals surface area (Å²) in [6, 6.07) is 0. The van der Waals surface area contributed by atoms with E-state index in [1.54, 1.807) is 4.57 Å². The van der Waals surface area contributed by atoms with E-state index in [1.807, 2.05) is 11.8 Å². The molecule has 1 amide bonds. The van der Waals surface area contributed by atoms with Gasteiger partial charge in [0.15, 0.2) is 0 Å². The number of likely N-dealkylation sites (tertiary alicyclic amines) is 1. The summed E-state index contributed by atoms with van der Waals surface area (Å²) in [6.07, 6.45) is 5.40. The lowest BCUT2D eigenvalue weighted by Crippen LogP contribution is -2.39.